The Bertz CT molecular complexity index is 1270. The third-order valence-electron chi connectivity index (χ3n) is 10.2. The lowest BCUT2D eigenvalue weighted by Gasteiger charge is -2.63. The zero-order chi connectivity index (χ0) is 27.5. The van der Waals surface area contributed by atoms with Gasteiger partial charge in [-0.3, -0.25) is 14.9 Å². The molecule has 2 aliphatic heterocycles. The first-order valence-corrected chi connectivity index (χ1v) is 14.7. The van der Waals surface area contributed by atoms with E-state index in [4.69, 9.17) is 4.74 Å². The van der Waals surface area contributed by atoms with E-state index in [0.717, 1.165) is 38.4 Å². The van der Waals surface area contributed by atoms with E-state index in [2.05, 4.69) is 39.8 Å². The van der Waals surface area contributed by atoms with Crippen molar-refractivity contribution in [2.75, 3.05) is 25.0 Å². The maximum Gasteiger partial charge on any atom is 0.249 e. The molecule has 5 fully saturated rings. The van der Waals surface area contributed by atoms with Gasteiger partial charge < -0.3 is 15.0 Å². The molecule has 5 aliphatic rings. The summed E-state index contributed by atoms with van der Waals surface area (Å²) >= 11 is 0. The van der Waals surface area contributed by atoms with Gasteiger partial charge in [-0.25, -0.2) is 8.78 Å². The number of carbonyl (C=O) groups is 2. The maximum absolute atomic E-state index is 15.0. The Morgan fingerprint density at radius 3 is 2.33 bits per heavy atom. The highest BCUT2D eigenvalue weighted by Crippen LogP contribution is 2.61. The number of hydrogen-bond acceptors (Lipinski definition) is 5. The number of likely N-dealkylation sites (tertiary alicyclic amines) is 1. The van der Waals surface area contributed by atoms with Gasteiger partial charge in [0.25, 0.3) is 0 Å². The second-order valence-electron chi connectivity index (χ2n) is 13.4. The van der Waals surface area contributed by atoms with Crippen LogP contribution in [0.5, 0.6) is 0 Å². The van der Waals surface area contributed by atoms with Crippen molar-refractivity contribution < 1.29 is 23.1 Å². The third-order valence-corrected chi connectivity index (χ3v) is 10.2. The minimum absolute atomic E-state index is 0.0958. The van der Waals surface area contributed by atoms with Crippen molar-refractivity contribution in [3.8, 4) is 0 Å². The van der Waals surface area contributed by atoms with Gasteiger partial charge in [-0.2, -0.15) is 0 Å². The first-order valence-electron chi connectivity index (χ1n) is 14.7. The molecule has 40 heavy (non-hydrogen) atoms. The molecule has 0 radical (unpaired) electrons. The van der Waals surface area contributed by atoms with Crippen LogP contribution in [0.15, 0.2) is 42.5 Å². The number of hydrogen-bond donors (Lipinski definition) is 2. The van der Waals surface area contributed by atoms with E-state index >= 15 is 0 Å². The van der Waals surface area contributed by atoms with E-state index in [1.165, 1.54) is 43.4 Å². The zero-order valence-electron chi connectivity index (χ0n) is 22.8. The predicted octanol–water partition coefficient (Wildman–Crippen LogP) is 5.14. The highest BCUT2D eigenvalue weighted by atomic mass is 19.1. The summed E-state index contributed by atoms with van der Waals surface area (Å²) < 4.78 is 36.1. The van der Waals surface area contributed by atoms with Crippen LogP contribution in [0, 0.1) is 28.4 Å². The number of imide groups is 1. The number of benzene rings is 2. The summed E-state index contributed by atoms with van der Waals surface area (Å²) in [4.78, 5) is 25.8. The lowest BCUT2D eigenvalue weighted by molar-refractivity contribution is -0.157. The fraction of sp³-hybridized carbons (Fsp3) is 0.562. The lowest BCUT2D eigenvalue weighted by Crippen LogP contribution is -2.63. The molecular weight excluding hydrogens is 512 g/mol. The third kappa shape index (κ3) is 4.94. The molecule has 2 amide bonds. The van der Waals surface area contributed by atoms with Crippen LogP contribution in [-0.2, 0) is 20.9 Å². The van der Waals surface area contributed by atoms with E-state index in [-0.39, 0.29) is 34.9 Å². The average molecular weight is 550 g/mol. The van der Waals surface area contributed by atoms with E-state index in [0.29, 0.717) is 24.5 Å². The number of rotatable bonds is 8. The molecule has 2 N–H and O–H groups in total. The Morgan fingerprint density at radius 2 is 1.65 bits per heavy atom. The Morgan fingerprint density at radius 1 is 0.950 bits per heavy atom. The monoisotopic (exact) mass is 549 g/mol. The summed E-state index contributed by atoms with van der Waals surface area (Å²) in [6, 6.07) is 12.3. The number of amides is 2. The van der Waals surface area contributed by atoms with Gasteiger partial charge in [-0.05, 0) is 85.3 Å². The van der Waals surface area contributed by atoms with Gasteiger partial charge in [-0.15, -0.1) is 0 Å². The van der Waals surface area contributed by atoms with Crippen molar-refractivity contribution in [1.82, 2.24) is 10.2 Å². The molecule has 0 aromatic heterocycles. The predicted molar refractivity (Wildman–Crippen MR) is 146 cm³/mol. The van der Waals surface area contributed by atoms with Crippen molar-refractivity contribution in [2.24, 2.45) is 16.7 Å². The van der Waals surface area contributed by atoms with Gasteiger partial charge in [0.05, 0.1) is 12.7 Å². The summed E-state index contributed by atoms with van der Waals surface area (Å²) in [5.41, 5.74) is 2.37. The van der Waals surface area contributed by atoms with Gasteiger partial charge in [0.15, 0.2) is 0 Å². The minimum Gasteiger partial charge on any atom is -0.374 e. The summed E-state index contributed by atoms with van der Waals surface area (Å²) in [7, 11) is 0. The topological polar surface area (TPSA) is 70.7 Å². The van der Waals surface area contributed by atoms with E-state index in [9.17, 15) is 18.4 Å². The second kappa shape index (κ2) is 9.91. The molecule has 3 aliphatic carbocycles. The first-order chi connectivity index (χ1) is 19.3. The first kappa shape index (κ1) is 26.1. The van der Waals surface area contributed by atoms with Crippen LogP contribution in [0.3, 0.4) is 0 Å². The van der Waals surface area contributed by atoms with Gasteiger partial charge in [0.2, 0.25) is 11.8 Å². The van der Waals surface area contributed by atoms with Gasteiger partial charge >= 0.3 is 0 Å². The summed E-state index contributed by atoms with van der Waals surface area (Å²) in [5.74, 6) is -1.23. The largest absolute Gasteiger partial charge is 0.374 e. The van der Waals surface area contributed by atoms with E-state index in [1.54, 1.807) is 0 Å². The highest BCUT2D eigenvalue weighted by molar-refractivity contribution is 6.01. The van der Waals surface area contributed by atoms with E-state index < -0.39 is 23.6 Å². The number of anilines is 1. The Balaban J connectivity index is 0.832. The molecule has 6 nitrogen and oxygen atoms in total. The molecule has 1 atom stereocenters. The zero-order valence-corrected chi connectivity index (χ0v) is 22.8. The molecule has 8 heteroatoms. The normalized spacial score (nSPS) is 31.2. The Kier molecular flexibility index (Phi) is 6.46. The summed E-state index contributed by atoms with van der Waals surface area (Å²) in [6.45, 7) is 3.93. The van der Waals surface area contributed by atoms with Crippen LogP contribution >= 0.6 is 0 Å². The van der Waals surface area contributed by atoms with Gasteiger partial charge in [-0.1, -0.05) is 30.3 Å². The molecule has 0 bridgehead atoms. The smallest absolute Gasteiger partial charge is 0.249 e. The van der Waals surface area contributed by atoms with Crippen molar-refractivity contribution in [1.29, 1.82) is 0 Å². The quantitative estimate of drug-likeness (QED) is 0.447. The minimum atomic E-state index is -0.667. The van der Waals surface area contributed by atoms with Crippen molar-refractivity contribution >= 4 is 17.5 Å². The highest BCUT2D eigenvalue weighted by Gasteiger charge is 2.57. The molecule has 2 aromatic carbocycles. The SMILES string of the molecule is O=C1CCC(Nc2cc(F)c(C3CC4(C3)CN(CC3CC5(C3)CC(OCc3ccccc3)C5)C4)c(F)c2)C(=O)N1. The number of nitrogens with one attached hydrogen (secondary N) is 2. The van der Waals surface area contributed by atoms with Crippen LogP contribution in [0.1, 0.15) is 68.4 Å². The van der Waals surface area contributed by atoms with Crippen LogP contribution < -0.4 is 10.6 Å². The number of nitrogens with zero attached hydrogens (tertiary/aromatic N) is 1. The fourth-order valence-electron chi connectivity index (χ4n) is 8.37. The number of carbonyl (C=O) groups excluding carboxylic acids is 2. The molecule has 2 heterocycles. The van der Waals surface area contributed by atoms with Crippen molar-refractivity contribution in [2.45, 2.75) is 76.0 Å². The maximum atomic E-state index is 15.0. The van der Waals surface area contributed by atoms with E-state index in [1.807, 2.05) is 6.07 Å². The molecule has 2 saturated heterocycles. The molecule has 212 valence electrons. The van der Waals surface area contributed by atoms with Crippen molar-refractivity contribution in [3.63, 3.8) is 0 Å². The molecule has 3 saturated carbocycles. The molecule has 2 aromatic rings. The molecule has 7 rings (SSSR count). The van der Waals surface area contributed by atoms with Crippen LogP contribution in [0.4, 0.5) is 14.5 Å². The molecule has 2 spiro atoms. The number of ether oxygens (including phenoxy) is 1. The van der Waals surface area contributed by atoms with Crippen LogP contribution in [0.2, 0.25) is 0 Å². The molecule has 1 unspecified atom stereocenters. The average Bonchev–Trinajstić information content (AvgIpc) is 2.82. The Hall–Kier alpha value is -2.84. The lowest BCUT2D eigenvalue weighted by atomic mass is 9.50. The number of piperidine rings is 1. The standard InChI is InChI=1S/C32H37F2N3O3/c33-25-8-23(35-27-6-7-28(38)36-30(27)39)9-26(34)29(25)22-12-32(13-22)18-37(19-32)16-21-10-31(11-21)14-24(15-31)40-17-20-4-2-1-3-5-20/h1-5,8-9,21-22,24,27,35H,6-7,10-19H2,(H,36,38,39). The van der Waals surface area contributed by atoms with Gasteiger partial charge in [0.1, 0.15) is 17.7 Å². The fourth-order valence-corrected chi connectivity index (χ4v) is 8.37. The molecular formula is C32H37F2N3O3. The van der Waals surface area contributed by atoms with Crippen molar-refractivity contribution in [3.05, 3.63) is 65.2 Å². The summed E-state index contributed by atoms with van der Waals surface area (Å²) in [6.07, 6.45) is 7.58. The van der Waals surface area contributed by atoms with Gasteiger partial charge in [0, 0.05) is 37.3 Å². The van der Waals surface area contributed by atoms with Crippen LogP contribution in [-0.4, -0.2) is 48.5 Å². The second-order valence-corrected chi connectivity index (χ2v) is 13.4. The Labute approximate surface area is 233 Å². The van der Waals surface area contributed by atoms with Crippen LogP contribution in [0.25, 0.3) is 0 Å². The summed E-state index contributed by atoms with van der Waals surface area (Å²) in [5, 5.41) is 5.14. The number of halogens is 2.